The molecule has 1 aliphatic carbocycles. The lowest BCUT2D eigenvalue weighted by atomic mass is 9.87. The second kappa shape index (κ2) is 7.03. The van der Waals surface area contributed by atoms with Crippen LogP contribution in [0.3, 0.4) is 0 Å². The molecule has 122 valence electrons. The molecule has 1 N–H and O–H groups in total. The maximum Gasteiger partial charge on any atom is 0.306 e. The number of alkyl halides is 2. The quantitative estimate of drug-likeness (QED) is 0.886. The van der Waals surface area contributed by atoms with Gasteiger partial charge in [-0.25, -0.2) is 13.8 Å². The van der Waals surface area contributed by atoms with Crippen LogP contribution in [0.15, 0.2) is 12.1 Å². The van der Waals surface area contributed by atoms with Gasteiger partial charge in [-0.1, -0.05) is 13.8 Å². The van der Waals surface area contributed by atoms with Gasteiger partial charge in [0.1, 0.15) is 11.4 Å². The fourth-order valence-corrected chi connectivity index (χ4v) is 2.71. The molecule has 1 saturated carbocycles. The molecule has 1 heterocycles. The van der Waals surface area contributed by atoms with E-state index in [1.165, 1.54) is 6.07 Å². The standard InChI is InChI=1S/C16H21F2NO3/c1-9(2)12-6-7-13(14(19-12)15(17)18)22-11-5-3-4-10(8-11)16(20)21/h6-7,9-11,15H,3-5,8H2,1-2H3,(H,20,21)/t10-,11-/m0/s1. The molecule has 6 heteroatoms. The summed E-state index contributed by atoms with van der Waals surface area (Å²) in [5.41, 5.74) is 0.235. The molecule has 2 atom stereocenters. The smallest absolute Gasteiger partial charge is 0.306 e. The minimum absolute atomic E-state index is 0.0534. The normalized spacial score (nSPS) is 22.1. The van der Waals surface area contributed by atoms with E-state index in [-0.39, 0.29) is 23.5 Å². The zero-order chi connectivity index (χ0) is 16.3. The fraction of sp³-hybridized carbons (Fsp3) is 0.625. The SMILES string of the molecule is CC(C)c1ccc(O[C@H]2CCC[C@H](C(=O)O)C2)c(C(F)F)n1. The monoisotopic (exact) mass is 313 g/mol. The first-order chi connectivity index (χ1) is 10.4. The van der Waals surface area contributed by atoms with E-state index in [4.69, 9.17) is 9.84 Å². The number of nitrogens with zero attached hydrogens (tertiary/aromatic N) is 1. The van der Waals surface area contributed by atoms with Gasteiger partial charge < -0.3 is 9.84 Å². The van der Waals surface area contributed by atoms with Crippen LogP contribution in [0, 0.1) is 5.92 Å². The third kappa shape index (κ3) is 3.93. The molecular weight excluding hydrogens is 292 g/mol. The van der Waals surface area contributed by atoms with Gasteiger partial charge in [0.25, 0.3) is 6.43 Å². The number of carbonyl (C=O) groups is 1. The number of hydrogen-bond acceptors (Lipinski definition) is 3. The second-order valence-corrected chi connectivity index (χ2v) is 6.02. The number of pyridine rings is 1. The van der Waals surface area contributed by atoms with Crippen LogP contribution in [0.5, 0.6) is 5.75 Å². The molecule has 4 nitrogen and oxygen atoms in total. The van der Waals surface area contributed by atoms with E-state index in [0.717, 1.165) is 6.42 Å². The van der Waals surface area contributed by atoms with E-state index in [2.05, 4.69) is 4.98 Å². The number of halogens is 2. The van der Waals surface area contributed by atoms with Crippen molar-refractivity contribution in [1.29, 1.82) is 0 Å². The van der Waals surface area contributed by atoms with Crippen LogP contribution >= 0.6 is 0 Å². The lowest BCUT2D eigenvalue weighted by Gasteiger charge is -2.28. The molecule has 0 aliphatic heterocycles. The van der Waals surface area contributed by atoms with Gasteiger partial charge in [-0.05, 0) is 43.7 Å². The molecule has 2 rings (SSSR count). The van der Waals surface area contributed by atoms with Crippen LogP contribution in [0.4, 0.5) is 8.78 Å². The molecule has 0 unspecified atom stereocenters. The predicted molar refractivity (Wildman–Crippen MR) is 77.3 cm³/mol. The van der Waals surface area contributed by atoms with E-state index in [9.17, 15) is 13.6 Å². The molecule has 1 aromatic heterocycles. The first-order valence-electron chi connectivity index (χ1n) is 7.57. The molecule has 1 aromatic rings. The van der Waals surface area contributed by atoms with Crippen molar-refractivity contribution in [3.05, 3.63) is 23.5 Å². The Hall–Kier alpha value is -1.72. The molecule has 1 aliphatic rings. The zero-order valence-electron chi connectivity index (χ0n) is 12.8. The molecule has 0 aromatic carbocycles. The Morgan fingerprint density at radius 3 is 2.68 bits per heavy atom. The fourth-order valence-electron chi connectivity index (χ4n) is 2.71. The maximum absolute atomic E-state index is 13.2. The highest BCUT2D eigenvalue weighted by Gasteiger charge is 2.29. The average Bonchev–Trinajstić information content (AvgIpc) is 2.47. The molecular formula is C16H21F2NO3. The van der Waals surface area contributed by atoms with E-state index in [1.807, 2.05) is 13.8 Å². The lowest BCUT2D eigenvalue weighted by molar-refractivity contribution is -0.143. The Morgan fingerprint density at radius 2 is 2.09 bits per heavy atom. The van der Waals surface area contributed by atoms with Crippen LogP contribution in [-0.4, -0.2) is 22.2 Å². The lowest BCUT2D eigenvalue weighted by Crippen LogP contribution is -2.29. The summed E-state index contributed by atoms with van der Waals surface area (Å²) in [6.45, 7) is 3.77. The molecule has 22 heavy (non-hydrogen) atoms. The van der Waals surface area contributed by atoms with Gasteiger partial charge in [-0.2, -0.15) is 0 Å². The predicted octanol–water partition coefficient (Wildman–Crippen LogP) is 4.16. The highest BCUT2D eigenvalue weighted by Crippen LogP contribution is 2.33. The van der Waals surface area contributed by atoms with Crippen LogP contribution in [0.1, 0.15) is 63.3 Å². The van der Waals surface area contributed by atoms with Gasteiger partial charge in [-0.15, -0.1) is 0 Å². The van der Waals surface area contributed by atoms with Crippen LogP contribution in [0.2, 0.25) is 0 Å². The Balaban J connectivity index is 2.16. The maximum atomic E-state index is 13.2. The third-order valence-corrected chi connectivity index (χ3v) is 3.97. The summed E-state index contributed by atoms with van der Waals surface area (Å²) in [5.74, 6) is -1.19. The number of rotatable bonds is 5. The highest BCUT2D eigenvalue weighted by molar-refractivity contribution is 5.70. The summed E-state index contributed by atoms with van der Waals surface area (Å²) in [4.78, 5) is 15.1. The molecule has 0 radical (unpaired) electrons. The molecule has 0 bridgehead atoms. The van der Waals surface area contributed by atoms with Gasteiger partial charge in [0, 0.05) is 5.69 Å². The highest BCUT2D eigenvalue weighted by atomic mass is 19.3. The van der Waals surface area contributed by atoms with Gasteiger partial charge >= 0.3 is 5.97 Å². The second-order valence-electron chi connectivity index (χ2n) is 6.02. The Kier molecular flexibility index (Phi) is 5.32. The zero-order valence-corrected chi connectivity index (χ0v) is 12.8. The van der Waals surface area contributed by atoms with E-state index < -0.39 is 18.3 Å². The van der Waals surface area contributed by atoms with Crippen molar-refractivity contribution in [3.8, 4) is 5.75 Å². The average molecular weight is 313 g/mol. The van der Waals surface area contributed by atoms with Crippen LogP contribution < -0.4 is 4.74 Å². The third-order valence-electron chi connectivity index (χ3n) is 3.97. The summed E-state index contributed by atoms with van der Waals surface area (Å²) in [6, 6.07) is 3.21. The number of carboxylic acid groups (broad SMARTS) is 1. The van der Waals surface area contributed by atoms with Crippen LogP contribution in [0.25, 0.3) is 0 Å². The molecule has 0 amide bonds. The minimum Gasteiger partial charge on any atom is -0.488 e. The van der Waals surface area contributed by atoms with Gasteiger partial charge in [0.2, 0.25) is 0 Å². The summed E-state index contributed by atoms with van der Waals surface area (Å²) in [6.07, 6.45) is -0.695. The van der Waals surface area contributed by atoms with Gasteiger partial charge in [-0.3, -0.25) is 4.79 Å². The summed E-state index contributed by atoms with van der Waals surface area (Å²) < 4.78 is 32.0. The Morgan fingerprint density at radius 1 is 1.36 bits per heavy atom. The van der Waals surface area contributed by atoms with Gasteiger partial charge in [0.15, 0.2) is 0 Å². The van der Waals surface area contributed by atoms with Crippen molar-refractivity contribution >= 4 is 5.97 Å². The first kappa shape index (κ1) is 16.6. The number of ether oxygens (including phenoxy) is 1. The topological polar surface area (TPSA) is 59.4 Å². The van der Waals surface area contributed by atoms with E-state index in [0.29, 0.717) is 25.0 Å². The number of hydrogen-bond donors (Lipinski definition) is 1. The molecule has 1 fully saturated rings. The van der Waals surface area contributed by atoms with Crippen molar-refractivity contribution in [1.82, 2.24) is 4.98 Å². The Bertz CT molecular complexity index is 534. The molecule has 0 saturated heterocycles. The molecule has 0 spiro atoms. The van der Waals surface area contributed by atoms with Crippen molar-refractivity contribution in [3.63, 3.8) is 0 Å². The Labute approximate surface area is 128 Å². The van der Waals surface area contributed by atoms with Crippen molar-refractivity contribution in [2.45, 2.75) is 58.0 Å². The summed E-state index contributed by atoms with van der Waals surface area (Å²) in [7, 11) is 0. The van der Waals surface area contributed by atoms with Crippen LogP contribution in [-0.2, 0) is 4.79 Å². The van der Waals surface area contributed by atoms with E-state index in [1.54, 1.807) is 6.07 Å². The number of carboxylic acids is 1. The van der Waals surface area contributed by atoms with Crippen molar-refractivity contribution < 1.29 is 23.4 Å². The summed E-state index contributed by atoms with van der Waals surface area (Å²) in [5, 5.41) is 9.07. The summed E-state index contributed by atoms with van der Waals surface area (Å²) >= 11 is 0. The number of aliphatic carboxylic acids is 1. The van der Waals surface area contributed by atoms with Crippen molar-refractivity contribution in [2.24, 2.45) is 5.92 Å². The van der Waals surface area contributed by atoms with E-state index >= 15 is 0 Å². The minimum atomic E-state index is -2.72. The van der Waals surface area contributed by atoms with Crippen molar-refractivity contribution in [2.75, 3.05) is 0 Å². The van der Waals surface area contributed by atoms with Gasteiger partial charge in [0.05, 0.1) is 12.0 Å². The number of aromatic nitrogens is 1. The largest absolute Gasteiger partial charge is 0.488 e. The first-order valence-corrected chi connectivity index (χ1v) is 7.57.